The third kappa shape index (κ3) is 3.22. The maximum atomic E-state index is 12.2. The number of hydrogen-bond donors (Lipinski definition) is 1. The average molecular weight is 253 g/mol. The zero-order valence-electron chi connectivity index (χ0n) is 11.4. The van der Waals surface area contributed by atoms with Crippen LogP contribution in [0.1, 0.15) is 30.6 Å². The van der Waals surface area contributed by atoms with Crippen molar-refractivity contribution in [2.45, 2.75) is 26.3 Å². The van der Waals surface area contributed by atoms with Gasteiger partial charge in [0.1, 0.15) is 0 Å². The summed E-state index contributed by atoms with van der Waals surface area (Å²) < 4.78 is 0. The number of nitrogens with one attached hydrogen (secondary N) is 1. The number of carbonyl (C=O) groups excluding carboxylic acids is 1. The van der Waals surface area contributed by atoms with Crippen molar-refractivity contribution in [2.75, 3.05) is 0 Å². The highest BCUT2D eigenvalue weighted by Crippen LogP contribution is 2.19. The van der Waals surface area contributed by atoms with Gasteiger partial charge in [0, 0.05) is 23.9 Å². The summed E-state index contributed by atoms with van der Waals surface area (Å²) in [5, 5.41) is 5.28. The van der Waals surface area contributed by atoms with E-state index in [1.165, 1.54) is 0 Å². The summed E-state index contributed by atoms with van der Waals surface area (Å²) in [4.78, 5) is 12.2. The van der Waals surface area contributed by atoms with Gasteiger partial charge in [0.15, 0.2) is 5.78 Å². The Balaban J connectivity index is 2.22. The summed E-state index contributed by atoms with van der Waals surface area (Å²) in [7, 11) is 0. The molecule has 1 N–H and O–H groups in total. The summed E-state index contributed by atoms with van der Waals surface area (Å²) in [6, 6.07) is 14.1. The van der Waals surface area contributed by atoms with Crippen LogP contribution in [0.15, 0.2) is 54.7 Å². The molecular weight excluding hydrogens is 234 g/mol. The van der Waals surface area contributed by atoms with Gasteiger partial charge in [-0.25, -0.2) is 0 Å². The van der Waals surface area contributed by atoms with Crippen LogP contribution in [0.5, 0.6) is 0 Å². The van der Waals surface area contributed by atoms with E-state index in [2.05, 4.69) is 19.2 Å². The zero-order valence-corrected chi connectivity index (χ0v) is 11.4. The Labute approximate surface area is 114 Å². The van der Waals surface area contributed by atoms with E-state index >= 15 is 0 Å². The molecule has 0 radical (unpaired) electrons. The minimum Gasteiger partial charge on any atom is -0.388 e. The lowest BCUT2D eigenvalue weighted by atomic mass is 10.0. The van der Waals surface area contributed by atoms with E-state index in [-0.39, 0.29) is 5.78 Å². The lowest BCUT2D eigenvalue weighted by Crippen LogP contribution is -2.19. The van der Waals surface area contributed by atoms with E-state index in [0.717, 1.165) is 22.8 Å². The molecule has 2 rings (SSSR count). The van der Waals surface area contributed by atoms with E-state index in [4.69, 9.17) is 0 Å². The fourth-order valence-corrected chi connectivity index (χ4v) is 1.94. The Kier molecular flexibility index (Phi) is 4.35. The largest absolute Gasteiger partial charge is 0.388 e. The molecule has 0 aliphatic carbocycles. The quantitative estimate of drug-likeness (QED) is 0.646. The van der Waals surface area contributed by atoms with Gasteiger partial charge >= 0.3 is 0 Å². The number of hydrogen-bond acceptors (Lipinski definition) is 2. The van der Waals surface area contributed by atoms with Crippen LogP contribution in [0.3, 0.4) is 0 Å². The molecule has 2 nitrogen and oxygen atoms in total. The second-order valence-electron chi connectivity index (χ2n) is 4.70. The van der Waals surface area contributed by atoms with Crippen molar-refractivity contribution in [2.24, 2.45) is 0 Å². The highest BCUT2D eigenvalue weighted by atomic mass is 16.1. The van der Waals surface area contributed by atoms with Crippen molar-refractivity contribution in [3.05, 3.63) is 60.3 Å². The first-order chi connectivity index (χ1) is 9.22. The molecular formula is C17H19NO. The van der Waals surface area contributed by atoms with Gasteiger partial charge in [0.25, 0.3) is 0 Å². The van der Waals surface area contributed by atoms with E-state index in [1.54, 1.807) is 12.3 Å². The number of ketones is 1. The number of benzene rings is 2. The van der Waals surface area contributed by atoms with Gasteiger partial charge in [-0.2, -0.15) is 0 Å². The van der Waals surface area contributed by atoms with E-state index < -0.39 is 0 Å². The van der Waals surface area contributed by atoms with Crippen molar-refractivity contribution in [3.8, 4) is 0 Å². The Morgan fingerprint density at radius 1 is 1.21 bits per heavy atom. The molecule has 1 unspecified atom stereocenters. The van der Waals surface area contributed by atoms with Crippen molar-refractivity contribution >= 4 is 16.6 Å². The molecule has 1 atom stereocenters. The molecule has 19 heavy (non-hydrogen) atoms. The molecule has 2 aromatic rings. The fraction of sp³-hybridized carbons (Fsp3) is 0.235. The van der Waals surface area contributed by atoms with Crippen LogP contribution in [0.2, 0.25) is 0 Å². The Morgan fingerprint density at radius 2 is 1.95 bits per heavy atom. The molecule has 0 heterocycles. The normalized spacial score (nSPS) is 12.7. The lowest BCUT2D eigenvalue weighted by Gasteiger charge is -2.07. The van der Waals surface area contributed by atoms with Gasteiger partial charge in [-0.15, -0.1) is 0 Å². The predicted molar refractivity (Wildman–Crippen MR) is 80.3 cm³/mol. The summed E-state index contributed by atoms with van der Waals surface area (Å²) in [5.41, 5.74) is 0.750. The minimum absolute atomic E-state index is 0.0348. The summed E-state index contributed by atoms with van der Waals surface area (Å²) in [6.45, 7) is 4.20. The molecule has 0 fully saturated rings. The molecule has 98 valence electrons. The molecule has 0 aliphatic rings. The first-order valence-electron chi connectivity index (χ1n) is 6.67. The Bertz CT molecular complexity index is 596. The maximum Gasteiger partial charge on any atom is 0.187 e. The summed E-state index contributed by atoms with van der Waals surface area (Å²) in [6.07, 6.45) is 4.39. The minimum atomic E-state index is 0.0348. The van der Waals surface area contributed by atoms with Crippen LogP contribution in [-0.2, 0) is 0 Å². The molecule has 0 saturated carbocycles. The smallest absolute Gasteiger partial charge is 0.187 e. The first-order valence-corrected chi connectivity index (χ1v) is 6.67. The van der Waals surface area contributed by atoms with Crippen molar-refractivity contribution in [1.82, 2.24) is 5.32 Å². The van der Waals surface area contributed by atoms with Gasteiger partial charge in [0.2, 0.25) is 0 Å². The number of allylic oxidation sites excluding steroid dienone is 1. The third-order valence-corrected chi connectivity index (χ3v) is 3.28. The fourth-order valence-electron chi connectivity index (χ4n) is 1.94. The molecule has 0 aromatic heterocycles. The highest BCUT2D eigenvalue weighted by Gasteiger charge is 2.06. The average Bonchev–Trinajstić information content (AvgIpc) is 2.46. The topological polar surface area (TPSA) is 29.1 Å². The molecule has 0 spiro atoms. The first kappa shape index (κ1) is 13.3. The standard InChI is InChI=1S/C17H19NO/c1-3-13(2)18-12-11-17(19)16-10-6-8-14-7-4-5-9-15(14)16/h4-13,18H,3H2,1-2H3/b12-11+. The number of carbonyl (C=O) groups is 1. The van der Waals surface area contributed by atoms with Crippen LogP contribution < -0.4 is 5.32 Å². The lowest BCUT2D eigenvalue weighted by molar-refractivity contribution is 0.104. The number of fused-ring (bicyclic) bond motifs is 1. The van der Waals surface area contributed by atoms with Gasteiger partial charge in [-0.05, 0) is 24.1 Å². The van der Waals surface area contributed by atoms with E-state index in [9.17, 15) is 4.79 Å². The zero-order chi connectivity index (χ0) is 13.7. The monoisotopic (exact) mass is 253 g/mol. The van der Waals surface area contributed by atoms with Gasteiger partial charge in [-0.1, -0.05) is 49.4 Å². The SMILES string of the molecule is CCC(C)N/C=C/C(=O)c1cccc2ccccc12. The van der Waals surface area contributed by atoms with Crippen molar-refractivity contribution in [3.63, 3.8) is 0 Å². The number of rotatable bonds is 5. The molecule has 2 aromatic carbocycles. The van der Waals surface area contributed by atoms with E-state index in [1.807, 2.05) is 42.5 Å². The molecule has 0 bridgehead atoms. The van der Waals surface area contributed by atoms with Crippen LogP contribution >= 0.6 is 0 Å². The third-order valence-electron chi connectivity index (χ3n) is 3.28. The Hall–Kier alpha value is -2.09. The van der Waals surface area contributed by atoms with Gasteiger partial charge < -0.3 is 5.32 Å². The second kappa shape index (κ2) is 6.19. The molecule has 0 saturated heterocycles. The van der Waals surface area contributed by atoms with Crippen LogP contribution in [0.25, 0.3) is 10.8 Å². The molecule has 0 amide bonds. The van der Waals surface area contributed by atoms with Crippen molar-refractivity contribution in [1.29, 1.82) is 0 Å². The van der Waals surface area contributed by atoms with Gasteiger partial charge in [0.05, 0.1) is 0 Å². The Morgan fingerprint density at radius 3 is 2.74 bits per heavy atom. The van der Waals surface area contributed by atoms with Crippen LogP contribution in [0, 0.1) is 0 Å². The summed E-state index contributed by atoms with van der Waals surface area (Å²) >= 11 is 0. The van der Waals surface area contributed by atoms with Gasteiger partial charge in [-0.3, -0.25) is 4.79 Å². The predicted octanol–water partition coefficient (Wildman–Crippen LogP) is 3.92. The summed E-state index contributed by atoms with van der Waals surface area (Å²) in [5.74, 6) is 0.0348. The van der Waals surface area contributed by atoms with Crippen LogP contribution in [-0.4, -0.2) is 11.8 Å². The second-order valence-corrected chi connectivity index (χ2v) is 4.70. The van der Waals surface area contributed by atoms with Crippen molar-refractivity contribution < 1.29 is 4.79 Å². The van der Waals surface area contributed by atoms with Crippen LogP contribution in [0.4, 0.5) is 0 Å². The molecule has 2 heteroatoms. The molecule has 0 aliphatic heterocycles. The highest BCUT2D eigenvalue weighted by molar-refractivity contribution is 6.13. The maximum absolute atomic E-state index is 12.2. The van der Waals surface area contributed by atoms with E-state index in [0.29, 0.717) is 6.04 Å².